The van der Waals surface area contributed by atoms with Gasteiger partial charge >= 0.3 is 6.09 Å². The summed E-state index contributed by atoms with van der Waals surface area (Å²) in [6.45, 7) is 7.03. The summed E-state index contributed by atoms with van der Waals surface area (Å²) in [5.41, 5.74) is 1.49. The van der Waals surface area contributed by atoms with Gasteiger partial charge in [-0.05, 0) is 63.2 Å². The Bertz CT molecular complexity index is 1520. The number of ether oxygens (including phenoxy) is 1. The van der Waals surface area contributed by atoms with Gasteiger partial charge in [0.25, 0.3) is 5.91 Å². The van der Waals surface area contributed by atoms with E-state index >= 15 is 0 Å². The summed E-state index contributed by atoms with van der Waals surface area (Å²) in [4.78, 5) is 39.0. The second-order valence-corrected chi connectivity index (χ2v) is 11.1. The number of nitrogens with one attached hydrogen (secondary N) is 1. The maximum atomic E-state index is 14.0. The van der Waals surface area contributed by atoms with E-state index in [1.165, 1.54) is 0 Å². The minimum absolute atomic E-state index is 0.144. The molecule has 3 heterocycles. The van der Waals surface area contributed by atoms with E-state index < -0.39 is 11.7 Å². The Hall–Kier alpha value is -4.31. The normalized spacial score (nSPS) is 15.8. The first-order valence-electron chi connectivity index (χ1n) is 13.0. The Morgan fingerprint density at radius 3 is 2.52 bits per heavy atom. The molecule has 1 fully saturated rings. The lowest BCUT2D eigenvalue weighted by Crippen LogP contribution is -2.58. The van der Waals surface area contributed by atoms with Gasteiger partial charge in [-0.2, -0.15) is 0 Å². The smallest absolute Gasteiger partial charge is 0.407 e. The van der Waals surface area contributed by atoms with Gasteiger partial charge in [-0.1, -0.05) is 17.7 Å². The van der Waals surface area contributed by atoms with E-state index in [4.69, 9.17) is 16.3 Å². The molecule has 1 aliphatic rings. The molecule has 4 aromatic rings. The van der Waals surface area contributed by atoms with Crippen molar-refractivity contribution in [1.29, 1.82) is 0 Å². The summed E-state index contributed by atoms with van der Waals surface area (Å²) in [5, 5.41) is 13.9. The summed E-state index contributed by atoms with van der Waals surface area (Å²) >= 11 is 6.30. The number of hydrogen-bond acceptors (Lipinski definition) is 7. The van der Waals surface area contributed by atoms with Crippen molar-refractivity contribution in [2.45, 2.75) is 32.4 Å². The van der Waals surface area contributed by atoms with Crippen LogP contribution < -0.4 is 10.2 Å². The SMILES string of the molecule is CC(C)(C)OC(=O)NCC1CN(C(=O)c2cn(-c3ncccn3)c3cc(Cl)ccc23)CCN1c1ccc(O)cc1. The van der Waals surface area contributed by atoms with Gasteiger partial charge in [0, 0.05) is 60.9 Å². The molecule has 208 valence electrons. The van der Waals surface area contributed by atoms with Crippen molar-refractivity contribution in [2.24, 2.45) is 0 Å². The van der Waals surface area contributed by atoms with Crippen LogP contribution in [0.1, 0.15) is 31.1 Å². The number of phenolic OH excluding ortho intramolecular Hbond substituents is 1. The quantitative estimate of drug-likeness (QED) is 0.364. The molecule has 5 rings (SSSR count). The molecule has 2 N–H and O–H groups in total. The molecule has 0 saturated carbocycles. The molecule has 1 unspecified atom stereocenters. The first-order chi connectivity index (χ1) is 19.1. The number of halogens is 1. The van der Waals surface area contributed by atoms with Crippen molar-refractivity contribution in [3.63, 3.8) is 0 Å². The maximum Gasteiger partial charge on any atom is 0.407 e. The summed E-state index contributed by atoms with van der Waals surface area (Å²) in [6.07, 6.45) is 4.51. The number of aromatic nitrogens is 3. The molecule has 1 atom stereocenters. The molecule has 11 heteroatoms. The van der Waals surface area contributed by atoms with E-state index in [-0.39, 0.29) is 24.2 Å². The lowest BCUT2D eigenvalue weighted by atomic mass is 10.1. The zero-order valence-corrected chi connectivity index (χ0v) is 23.3. The number of hydrogen-bond donors (Lipinski definition) is 2. The Morgan fingerprint density at radius 2 is 1.82 bits per heavy atom. The van der Waals surface area contributed by atoms with Crippen LogP contribution in [0.2, 0.25) is 5.02 Å². The summed E-state index contributed by atoms with van der Waals surface area (Å²) in [7, 11) is 0. The Kier molecular flexibility index (Phi) is 7.53. The number of amides is 2. The monoisotopic (exact) mass is 562 g/mol. The van der Waals surface area contributed by atoms with E-state index in [9.17, 15) is 14.7 Å². The first kappa shape index (κ1) is 27.3. The third kappa shape index (κ3) is 5.96. The van der Waals surface area contributed by atoms with Crippen molar-refractivity contribution < 1.29 is 19.4 Å². The predicted octanol–water partition coefficient (Wildman–Crippen LogP) is 4.64. The second kappa shape index (κ2) is 11.1. The van der Waals surface area contributed by atoms with Crippen molar-refractivity contribution in [1.82, 2.24) is 24.8 Å². The maximum absolute atomic E-state index is 14.0. The largest absolute Gasteiger partial charge is 0.508 e. The number of fused-ring (bicyclic) bond motifs is 1. The van der Waals surface area contributed by atoms with Gasteiger partial charge in [-0.25, -0.2) is 14.8 Å². The highest BCUT2D eigenvalue weighted by Crippen LogP contribution is 2.29. The number of piperazine rings is 1. The molecule has 10 nitrogen and oxygen atoms in total. The topological polar surface area (TPSA) is 113 Å². The van der Waals surface area contributed by atoms with Crippen LogP contribution in [0.3, 0.4) is 0 Å². The fourth-order valence-electron chi connectivity index (χ4n) is 4.84. The van der Waals surface area contributed by atoms with Crippen LogP contribution >= 0.6 is 11.6 Å². The molecule has 0 spiro atoms. The van der Waals surface area contributed by atoms with Crippen LogP contribution in [0, 0.1) is 0 Å². The van der Waals surface area contributed by atoms with Crippen molar-refractivity contribution in [2.75, 3.05) is 31.1 Å². The average Bonchev–Trinajstić information content (AvgIpc) is 3.30. The number of phenols is 1. The van der Waals surface area contributed by atoms with Gasteiger partial charge in [0.2, 0.25) is 5.95 Å². The van der Waals surface area contributed by atoms with E-state index in [0.717, 1.165) is 16.6 Å². The van der Waals surface area contributed by atoms with Crippen LogP contribution in [-0.2, 0) is 4.74 Å². The number of rotatable bonds is 5. The molecule has 2 aromatic carbocycles. The van der Waals surface area contributed by atoms with Crippen molar-refractivity contribution >= 4 is 40.2 Å². The minimum atomic E-state index is -0.630. The lowest BCUT2D eigenvalue weighted by molar-refractivity contribution is 0.0518. The van der Waals surface area contributed by atoms with Gasteiger partial charge in [0.1, 0.15) is 11.4 Å². The second-order valence-electron chi connectivity index (χ2n) is 10.6. The Balaban J connectivity index is 1.43. The molecule has 40 heavy (non-hydrogen) atoms. The van der Waals surface area contributed by atoms with E-state index in [2.05, 4.69) is 20.2 Å². The van der Waals surface area contributed by atoms with E-state index in [1.54, 1.807) is 79.2 Å². The van der Waals surface area contributed by atoms with Crippen LogP contribution in [0.4, 0.5) is 10.5 Å². The third-order valence-electron chi connectivity index (χ3n) is 6.60. The summed E-state index contributed by atoms with van der Waals surface area (Å²) < 4.78 is 7.19. The Labute approximate surface area is 237 Å². The highest BCUT2D eigenvalue weighted by molar-refractivity contribution is 6.31. The highest BCUT2D eigenvalue weighted by atomic mass is 35.5. The zero-order valence-electron chi connectivity index (χ0n) is 22.5. The van der Waals surface area contributed by atoms with Gasteiger partial charge in [0.15, 0.2) is 0 Å². The standard InChI is InChI=1S/C29H31ClN6O4/c1-29(2,3)40-28(39)33-16-21-17-34(13-14-35(21)20-6-8-22(37)9-7-20)26(38)24-18-36(27-31-11-4-12-32-27)25-15-19(30)5-10-23(24)25/h4-12,15,18,21,37H,13-14,16-17H2,1-3H3,(H,33,39). The summed E-state index contributed by atoms with van der Waals surface area (Å²) in [5.74, 6) is 0.458. The van der Waals surface area contributed by atoms with E-state index in [1.807, 2.05) is 18.2 Å². The van der Waals surface area contributed by atoms with Crippen molar-refractivity contribution in [3.05, 3.63) is 77.7 Å². The number of anilines is 1. The van der Waals surface area contributed by atoms with Gasteiger partial charge in [-0.15, -0.1) is 0 Å². The molecule has 1 saturated heterocycles. The lowest BCUT2D eigenvalue weighted by Gasteiger charge is -2.43. The molecule has 0 aliphatic carbocycles. The van der Waals surface area contributed by atoms with Gasteiger partial charge in [0.05, 0.1) is 17.1 Å². The fraction of sp³-hybridized carbons (Fsp3) is 0.310. The average molecular weight is 563 g/mol. The van der Waals surface area contributed by atoms with Crippen LogP contribution in [0.25, 0.3) is 16.9 Å². The number of carbonyl (C=O) groups is 2. The Morgan fingerprint density at radius 1 is 1.10 bits per heavy atom. The number of carbonyl (C=O) groups excluding carboxylic acids is 2. The fourth-order valence-corrected chi connectivity index (χ4v) is 5.00. The third-order valence-corrected chi connectivity index (χ3v) is 6.83. The molecule has 0 radical (unpaired) electrons. The number of nitrogens with zero attached hydrogens (tertiary/aromatic N) is 5. The minimum Gasteiger partial charge on any atom is -0.508 e. The van der Waals surface area contributed by atoms with Crippen molar-refractivity contribution in [3.8, 4) is 11.7 Å². The molecule has 1 aliphatic heterocycles. The number of aromatic hydroxyl groups is 1. The van der Waals surface area contributed by atoms with E-state index in [0.29, 0.717) is 36.2 Å². The molecule has 2 aromatic heterocycles. The van der Waals surface area contributed by atoms with Crippen LogP contribution in [-0.4, -0.2) is 74.4 Å². The first-order valence-corrected chi connectivity index (χ1v) is 13.4. The predicted molar refractivity (Wildman–Crippen MR) is 153 cm³/mol. The highest BCUT2D eigenvalue weighted by Gasteiger charge is 2.32. The molecule has 2 amide bonds. The number of alkyl carbamates (subject to hydrolysis) is 1. The zero-order chi connectivity index (χ0) is 28.4. The molecule has 0 bridgehead atoms. The molecular formula is C29H31ClN6O4. The van der Waals surface area contributed by atoms with Crippen LogP contribution in [0.15, 0.2) is 67.1 Å². The summed E-state index contributed by atoms with van der Waals surface area (Å²) in [6, 6.07) is 13.8. The van der Waals surface area contributed by atoms with Crippen LogP contribution in [0.5, 0.6) is 5.75 Å². The van der Waals surface area contributed by atoms with Gasteiger partial charge in [-0.3, -0.25) is 9.36 Å². The number of benzene rings is 2. The van der Waals surface area contributed by atoms with Gasteiger partial charge < -0.3 is 25.0 Å². The molecular weight excluding hydrogens is 532 g/mol.